The molecule has 114 valence electrons. The minimum Gasteiger partial charge on any atom is -0.497 e. The lowest BCUT2D eigenvalue weighted by Crippen LogP contribution is -2.45. The summed E-state index contributed by atoms with van der Waals surface area (Å²) < 4.78 is 5.13. The Labute approximate surface area is 125 Å². The van der Waals surface area contributed by atoms with Gasteiger partial charge in [0.1, 0.15) is 5.75 Å². The fourth-order valence-corrected chi connectivity index (χ4v) is 2.08. The van der Waals surface area contributed by atoms with E-state index < -0.39 is 5.60 Å². The molecule has 1 unspecified atom stereocenters. The van der Waals surface area contributed by atoms with E-state index >= 15 is 0 Å². The van der Waals surface area contributed by atoms with Crippen molar-refractivity contribution in [3.05, 3.63) is 29.8 Å². The maximum Gasteiger partial charge on any atom is 0.267 e. The number of hydrogen-bond acceptors (Lipinski definition) is 4. The molecule has 2 rings (SSSR count). The molecule has 1 N–H and O–H groups in total. The number of carbonyl (C=O) groups is 1. The first-order valence-electron chi connectivity index (χ1n) is 7.12. The number of methoxy groups -OCH3 is 1. The largest absolute Gasteiger partial charge is 0.497 e. The summed E-state index contributed by atoms with van der Waals surface area (Å²) in [5.74, 6) is 1.07. The normalized spacial score (nSPS) is 20.9. The molecular weight excluding hydrogens is 268 g/mol. The Morgan fingerprint density at radius 3 is 2.67 bits per heavy atom. The van der Waals surface area contributed by atoms with Crippen LogP contribution in [0.1, 0.15) is 32.8 Å². The van der Waals surface area contributed by atoms with Gasteiger partial charge >= 0.3 is 0 Å². The lowest BCUT2D eigenvalue weighted by Gasteiger charge is -2.21. The zero-order valence-electron chi connectivity index (χ0n) is 13.0. The zero-order chi connectivity index (χ0) is 15.5. The molecule has 0 spiro atoms. The molecule has 1 aromatic rings. The van der Waals surface area contributed by atoms with E-state index in [2.05, 4.69) is 24.3 Å². The molecule has 0 fully saturated rings. The Morgan fingerprint density at radius 1 is 1.43 bits per heavy atom. The van der Waals surface area contributed by atoms with Crippen LogP contribution in [0.15, 0.2) is 29.4 Å². The van der Waals surface area contributed by atoms with Crippen molar-refractivity contribution in [1.82, 2.24) is 5.32 Å². The third kappa shape index (κ3) is 3.54. The van der Waals surface area contributed by atoms with Crippen molar-refractivity contribution < 1.29 is 14.4 Å². The van der Waals surface area contributed by atoms with Crippen LogP contribution in [0.25, 0.3) is 0 Å². The predicted molar refractivity (Wildman–Crippen MR) is 81.5 cm³/mol. The van der Waals surface area contributed by atoms with Crippen LogP contribution in [0, 0.1) is 5.92 Å². The van der Waals surface area contributed by atoms with Crippen molar-refractivity contribution in [3.8, 4) is 5.75 Å². The average Bonchev–Trinajstić information content (AvgIpc) is 2.88. The molecule has 1 aromatic carbocycles. The first kappa shape index (κ1) is 15.4. The van der Waals surface area contributed by atoms with E-state index in [4.69, 9.17) is 9.57 Å². The van der Waals surface area contributed by atoms with Crippen LogP contribution in [-0.4, -0.2) is 30.9 Å². The molecule has 0 bridgehead atoms. The van der Waals surface area contributed by atoms with E-state index in [9.17, 15) is 4.79 Å². The smallest absolute Gasteiger partial charge is 0.267 e. The standard InChI is InChI=1S/C16H22N2O3/c1-11(2)10-17-15(19)16(3)9-14(18-21-16)12-5-7-13(20-4)8-6-12/h5-8,11H,9-10H2,1-4H3,(H,17,19). The Kier molecular flexibility index (Phi) is 4.50. The minimum absolute atomic E-state index is 0.122. The number of carbonyl (C=O) groups excluding carboxylic acids is 1. The number of nitrogens with zero attached hydrogens (tertiary/aromatic N) is 1. The van der Waals surface area contributed by atoms with Crippen molar-refractivity contribution in [3.63, 3.8) is 0 Å². The van der Waals surface area contributed by atoms with E-state index in [1.165, 1.54) is 0 Å². The molecule has 0 saturated heterocycles. The van der Waals surface area contributed by atoms with Crippen molar-refractivity contribution in [2.24, 2.45) is 11.1 Å². The van der Waals surface area contributed by atoms with Crippen molar-refractivity contribution in [2.45, 2.75) is 32.8 Å². The second-order valence-corrected chi connectivity index (χ2v) is 5.87. The van der Waals surface area contributed by atoms with Crippen molar-refractivity contribution >= 4 is 11.6 Å². The maximum absolute atomic E-state index is 12.2. The summed E-state index contributed by atoms with van der Waals surface area (Å²) in [7, 11) is 1.63. The third-order valence-electron chi connectivity index (χ3n) is 3.44. The highest BCUT2D eigenvalue weighted by Gasteiger charge is 2.42. The highest BCUT2D eigenvalue weighted by Crippen LogP contribution is 2.27. The highest BCUT2D eigenvalue weighted by molar-refractivity contribution is 6.05. The Bertz CT molecular complexity index is 537. The number of nitrogens with one attached hydrogen (secondary N) is 1. The summed E-state index contributed by atoms with van der Waals surface area (Å²) in [6.07, 6.45) is 0.462. The fourth-order valence-electron chi connectivity index (χ4n) is 2.08. The summed E-state index contributed by atoms with van der Waals surface area (Å²) in [5.41, 5.74) is 0.792. The lowest BCUT2D eigenvalue weighted by molar-refractivity contribution is -0.141. The van der Waals surface area contributed by atoms with Gasteiger partial charge in [-0.25, -0.2) is 0 Å². The van der Waals surface area contributed by atoms with E-state index in [1.807, 2.05) is 24.3 Å². The van der Waals surface area contributed by atoms with Crippen LogP contribution in [0.3, 0.4) is 0 Å². The van der Waals surface area contributed by atoms with Gasteiger partial charge in [-0.2, -0.15) is 0 Å². The summed E-state index contributed by atoms with van der Waals surface area (Å²) in [6, 6.07) is 7.57. The number of amides is 1. The van der Waals surface area contributed by atoms with Crippen LogP contribution >= 0.6 is 0 Å². The number of rotatable bonds is 5. The van der Waals surface area contributed by atoms with Crippen molar-refractivity contribution in [2.75, 3.05) is 13.7 Å². The van der Waals surface area contributed by atoms with Gasteiger partial charge < -0.3 is 14.9 Å². The molecule has 0 radical (unpaired) electrons. The molecule has 0 saturated carbocycles. The zero-order valence-corrected chi connectivity index (χ0v) is 13.0. The third-order valence-corrected chi connectivity index (χ3v) is 3.44. The second-order valence-electron chi connectivity index (χ2n) is 5.87. The average molecular weight is 290 g/mol. The molecule has 1 heterocycles. The topological polar surface area (TPSA) is 59.9 Å². The van der Waals surface area contributed by atoms with E-state index in [0.717, 1.165) is 17.0 Å². The lowest BCUT2D eigenvalue weighted by atomic mass is 9.95. The van der Waals surface area contributed by atoms with Gasteiger partial charge in [-0.05, 0) is 42.7 Å². The molecule has 21 heavy (non-hydrogen) atoms. The number of oxime groups is 1. The summed E-state index contributed by atoms with van der Waals surface area (Å²) in [4.78, 5) is 17.6. The summed E-state index contributed by atoms with van der Waals surface area (Å²) in [6.45, 7) is 6.51. The number of benzene rings is 1. The van der Waals surface area contributed by atoms with Crippen LogP contribution in [0.5, 0.6) is 5.75 Å². The van der Waals surface area contributed by atoms with E-state index in [1.54, 1.807) is 14.0 Å². The van der Waals surface area contributed by atoms with Gasteiger partial charge in [0, 0.05) is 13.0 Å². The molecule has 0 aliphatic carbocycles. The molecule has 1 aliphatic heterocycles. The molecule has 1 aliphatic rings. The highest BCUT2D eigenvalue weighted by atomic mass is 16.7. The fraction of sp³-hybridized carbons (Fsp3) is 0.500. The number of ether oxygens (including phenoxy) is 1. The van der Waals surface area contributed by atoms with Crippen LogP contribution in [-0.2, 0) is 9.63 Å². The molecule has 0 aromatic heterocycles. The van der Waals surface area contributed by atoms with Gasteiger partial charge in [0.15, 0.2) is 0 Å². The predicted octanol–water partition coefficient (Wildman–Crippen LogP) is 2.35. The minimum atomic E-state index is -0.926. The Balaban J connectivity index is 2.02. The number of hydrogen-bond donors (Lipinski definition) is 1. The summed E-state index contributed by atoms with van der Waals surface area (Å²) >= 11 is 0. The van der Waals surface area contributed by atoms with E-state index in [-0.39, 0.29) is 5.91 Å². The van der Waals surface area contributed by atoms with Gasteiger partial charge in [0.2, 0.25) is 5.60 Å². The molecular formula is C16H22N2O3. The maximum atomic E-state index is 12.2. The molecule has 1 amide bonds. The SMILES string of the molecule is COc1ccc(C2=NOC(C)(C(=O)NCC(C)C)C2)cc1. The Morgan fingerprint density at radius 2 is 2.10 bits per heavy atom. The summed E-state index contributed by atoms with van der Waals surface area (Å²) in [5, 5.41) is 6.98. The second kappa shape index (κ2) is 6.16. The van der Waals surface area contributed by atoms with Gasteiger partial charge in [-0.1, -0.05) is 19.0 Å². The molecule has 5 nitrogen and oxygen atoms in total. The van der Waals surface area contributed by atoms with Gasteiger partial charge in [-0.3, -0.25) is 4.79 Å². The van der Waals surface area contributed by atoms with E-state index in [0.29, 0.717) is 18.9 Å². The monoisotopic (exact) mass is 290 g/mol. The first-order valence-corrected chi connectivity index (χ1v) is 7.12. The molecule has 5 heteroatoms. The quantitative estimate of drug-likeness (QED) is 0.905. The van der Waals surface area contributed by atoms with Gasteiger partial charge in [-0.15, -0.1) is 0 Å². The Hall–Kier alpha value is -2.04. The molecule has 1 atom stereocenters. The van der Waals surface area contributed by atoms with Gasteiger partial charge in [0.25, 0.3) is 5.91 Å². The van der Waals surface area contributed by atoms with Gasteiger partial charge in [0.05, 0.1) is 12.8 Å². The van der Waals surface area contributed by atoms with Crippen LogP contribution in [0.2, 0.25) is 0 Å². The van der Waals surface area contributed by atoms with Crippen LogP contribution in [0.4, 0.5) is 0 Å². The van der Waals surface area contributed by atoms with Crippen LogP contribution < -0.4 is 10.1 Å². The first-order chi connectivity index (χ1) is 9.94. The van der Waals surface area contributed by atoms with Crippen molar-refractivity contribution in [1.29, 1.82) is 0 Å².